The Morgan fingerprint density at radius 2 is 1.81 bits per heavy atom. The Labute approximate surface area is 168 Å². The largest absolute Gasteiger partial charge is 0.493 e. The number of ether oxygens (including phenoxy) is 1. The van der Waals surface area contributed by atoms with Crippen molar-refractivity contribution < 1.29 is 9.53 Å². The van der Waals surface area contributed by atoms with Gasteiger partial charge >= 0.3 is 0 Å². The number of rotatable bonds is 7. The molecular weight excluding hydrogens is 360 g/mol. The standard InChI is InChI=1S/C22H28N2O2.ClH/c1-17-8-5-6-11-21(17)26-13-7-12-22(25)24-15-19(14-23)20(16-24)18-9-3-2-4-10-18;/h2-6,8-11,19-20H,7,12-16,23H2,1H3;1H/t19-,20+;/m1./s1. The van der Waals surface area contributed by atoms with Crippen LogP contribution in [0.1, 0.15) is 29.9 Å². The van der Waals surface area contributed by atoms with Crippen LogP contribution in [0.25, 0.3) is 0 Å². The molecule has 1 aliphatic rings. The van der Waals surface area contributed by atoms with Crippen LogP contribution in [-0.2, 0) is 4.79 Å². The molecule has 0 spiro atoms. The molecule has 0 unspecified atom stereocenters. The molecule has 2 aromatic rings. The third-order valence-electron chi connectivity index (χ3n) is 5.21. The van der Waals surface area contributed by atoms with E-state index in [0.29, 0.717) is 31.4 Å². The summed E-state index contributed by atoms with van der Waals surface area (Å²) in [5, 5.41) is 0. The molecule has 0 aromatic heterocycles. The maximum Gasteiger partial charge on any atom is 0.222 e. The fourth-order valence-corrected chi connectivity index (χ4v) is 3.67. The molecule has 2 atom stereocenters. The summed E-state index contributed by atoms with van der Waals surface area (Å²) in [6.07, 6.45) is 1.25. The Balaban J connectivity index is 0.00000261. The summed E-state index contributed by atoms with van der Waals surface area (Å²) in [4.78, 5) is 14.6. The van der Waals surface area contributed by atoms with Crippen LogP contribution in [0.15, 0.2) is 54.6 Å². The molecule has 2 aromatic carbocycles. The van der Waals surface area contributed by atoms with E-state index in [1.165, 1.54) is 5.56 Å². The molecule has 0 saturated carbocycles. The molecule has 27 heavy (non-hydrogen) atoms. The average Bonchev–Trinajstić information content (AvgIpc) is 3.11. The number of carbonyl (C=O) groups is 1. The molecule has 1 fully saturated rings. The predicted molar refractivity (Wildman–Crippen MR) is 111 cm³/mol. The second kappa shape index (κ2) is 10.3. The van der Waals surface area contributed by atoms with Gasteiger partial charge in [0.1, 0.15) is 5.75 Å². The van der Waals surface area contributed by atoms with Gasteiger partial charge in [-0.1, -0.05) is 48.5 Å². The summed E-state index contributed by atoms with van der Waals surface area (Å²) in [5.74, 6) is 1.78. The number of likely N-dealkylation sites (tertiary alicyclic amines) is 1. The van der Waals surface area contributed by atoms with Gasteiger partial charge in [-0.3, -0.25) is 4.79 Å². The molecule has 0 radical (unpaired) electrons. The normalized spacial score (nSPS) is 18.8. The minimum Gasteiger partial charge on any atom is -0.493 e. The monoisotopic (exact) mass is 388 g/mol. The molecule has 1 amide bonds. The van der Waals surface area contributed by atoms with Crippen molar-refractivity contribution in [1.29, 1.82) is 0 Å². The van der Waals surface area contributed by atoms with Gasteiger partial charge in [-0.2, -0.15) is 0 Å². The van der Waals surface area contributed by atoms with Crippen LogP contribution in [0.3, 0.4) is 0 Å². The highest BCUT2D eigenvalue weighted by Gasteiger charge is 2.34. The highest BCUT2D eigenvalue weighted by molar-refractivity contribution is 5.85. The van der Waals surface area contributed by atoms with E-state index < -0.39 is 0 Å². The Kier molecular flexibility index (Phi) is 8.14. The van der Waals surface area contributed by atoms with Crippen molar-refractivity contribution in [1.82, 2.24) is 4.90 Å². The predicted octanol–water partition coefficient (Wildman–Crippen LogP) is 3.78. The molecule has 1 saturated heterocycles. The molecule has 5 heteroatoms. The van der Waals surface area contributed by atoms with E-state index in [9.17, 15) is 4.79 Å². The quantitative estimate of drug-likeness (QED) is 0.734. The van der Waals surface area contributed by atoms with Crippen molar-refractivity contribution in [3.05, 3.63) is 65.7 Å². The van der Waals surface area contributed by atoms with Crippen LogP contribution >= 0.6 is 12.4 Å². The van der Waals surface area contributed by atoms with E-state index in [0.717, 1.165) is 30.8 Å². The van der Waals surface area contributed by atoms with E-state index in [1.54, 1.807) is 0 Å². The first kappa shape index (κ1) is 21.3. The fraction of sp³-hybridized carbons (Fsp3) is 0.409. The Hall–Kier alpha value is -2.04. The number of para-hydroxylation sites is 1. The molecule has 4 nitrogen and oxygen atoms in total. The second-order valence-electron chi connectivity index (χ2n) is 7.03. The van der Waals surface area contributed by atoms with Gasteiger partial charge in [0.2, 0.25) is 5.91 Å². The van der Waals surface area contributed by atoms with Gasteiger partial charge in [0.05, 0.1) is 6.61 Å². The van der Waals surface area contributed by atoms with E-state index in [-0.39, 0.29) is 18.3 Å². The Morgan fingerprint density at radius 1 is 1.11 bits per heavy atom. The summed E-state index contributed by atoms with van der Waals surface area (Å²) in [5.41, 5.74) is 8.37. The Bertz CT molecular complexity index is 723. The zero-order chi connectivity index (χ0) is 18.4. The molecule has 2 N–H and O–H groups in total. The topological polar surface area (TPSA) is 55.6 Å². The van der Waals surface area contributed by atoms with Gasteiger partial charge in [-0.15, -0.1) is 12.4 Å². The molecule has 0 bridgehead atoms. The summed E-state index contributed by atoms with van der Waals surface area (Å²) in [6.45, 7) is 4.73. The highest BCUT2D eigenvalue weighted by atomic mass is 35.5. The van der Waals surface area contributed by atoms with Crippen molar-refractivity contribution >= 4 is 18.3 Å². The first-order valence-electron chi connectivity index (χ1n) is 9.40. The fourth-order valence-electron chi connectivity index (χ4n) is 3.67. The summed E-state index contributed by atoms with van der Waals surface area (Å²) in [6, 6.07) is 18.4. The summed E-state index contributed by atoms with van der Waals surface area (Å²) < 4.78 is 5.79. The zero-order valence-electron chi connectivity index (χ0n) is 15.8. The summed E-state index contributed by atoms with van der Waals surface area (Å²) in [7, 11) is 0. The number of carbonyl (C=O) groups excluding carboxylic acids is 1. The van der Waals surface area contributed by atoms with E-state index in [2.05, 4.69) is 24.3 Å². The average molecular weight is 389 g/mol. The summed E-state index contributed by atoms with van der Waals surface area (Å²) >= 11 is 0. The van der Waals surface area contributed by atoms with Crippen LogP contribution in [-0.4, -0.2) is 37.0 Å². The molecular formula is C22H29ClN2O2. The lowest BCUT2D eigenvalue weighted by atomic mass is 9.89. The maximum atomic E-state index is 12.6. The van der Waals surface area contributed by atoms with Gasteiger partial charge in [0, 0.05) is 25.4 Å². The van der Waals surface area contributed by atoms with Gasteiger partial charge in [-0.05, 0) is 43.0 Å². The van der Waals surface area contributed by atoms with Crippen LogP contribution in [0.5, 0.6) is 5.75 Å². The SMILES string of the molecule is Cc1ccccc1OCCCC(=O)N1C[C@@H](CN)[C@H](c2ccccc2)C1.Cl. The molecule has 3 rings (SSSR count). The number of nitrogens with zero attached hydrogens (tertiary/aromatic N) is 1. The third-order valence-corrected chi connectivity index (χ3v) is 5.21. The molecule has 1 aliphatic heterocycles. The molecule has 0 aliphatic carbocycles. The van der Waals surface area contributed by atoms with E-state index in [1.807, 2.05) is 42.2 Å². The van der Waals surface area contributed by atoms with Crippen molar-refractivity contribution in [3.8, 4) is 5.75 Å². The first-order valence-corrected chi connectivity index (χ1v) is 9.40. The lowest BCUT2D eigenvalue weighted by Crippen LogP contribution is -2.29. The number of nitrogens with two attached hydrogens (primary N) is 1. The number of amides is 1. The van der Waals surface area contributed by atoms with Gasteiger partial charge in [0.25, 0.3) is 0 Å². The second-order valence-corrected chi connectivity index (χ2v) is 7.03. The number of hydrogen-bond donors (Lipinski definition) is 1. The van der Waals surface area contributed by atoms with Crippen molar-refractivity contribution in [2.24, 2.45) is 11.7 Å². The van der Waals surface area contributed by atoms with Gasteiger partial charge < -0.3 is 15.4 Å². The zero-order valence-corrected chi connectivity index (χ0v) is 16.7. The minimum atomic E-state index is 0. The first-order chi connectivity index (χ1) is 12.7. The van der Waals surface area contributed by atoms with E-state index in [4.69, 9.17) is 10.5 Å². The smallest absolute Gasteiger partial charge is 0.222 e. The van der Waals surface area contributed by atoms with Gasteiger partial charge in [0.15, 0.2) is 0 Å². The van der Waals surface area contributed by atoms with Crippen LogP contribution < -0.4 is 10.5 Å². The van der Waals surface area contributed by atoms with Crippen LogP contribution in [0.2, 0.25) is 0 Å². The molecule has 146 valence electrons. The molecule has 1 heterocycles. The lowest BCUT2D eigenvalue weighted by molar-refractivity contribution is -0.130. The van der Waals surface area contributed by atoms with Crippen LogP contribution in [0, 0.1) is 12.8 Å². The number of hydrogen-bond acceptors (Lipinski definition) is 3. The Morgan fingerprint density at radius 3 is 2.52 bits per heavy atom. The van der Waals surface area contributed by atoms with Crippen molar-refractivity contribution in [3.63, 3.8) is 0 Å². The van der Waals surface area contributed by atoms with Crippen LogP contribution in [0.4, 0.5) is 0 Å². The van der Waals surface area contributed by atoms with Crippen molar-refractivity contribution in [2.75, 3.05) is 26.2 Å². The maximum absolute atomic E-state index is 12.6. The minimum absolute atomic E-state index is 0. The number of aryl methyl sites for hydroxylation is 1. The number of benzene rings is 2. The lowest BCUT2D eigenvalue weighted by Gasteiger charge is -2.17. The highest BCUT2D eigenvalue weighted by Crippen LogP contribution is 2.32. The van der Waals surface area contributed by atoms with Gasteiger partial charge in [-0.25, -0.2) is 0 Å². The van der Waals surface area contributed by atoms with E-state index >= 15 is 0 Å². The number of halogens is 1. The van der Waals surface area contributed by atoms with Crippen molar-refractivity contribution in [2.45, 2.75) is 25.7 Å². The third kappa shape index (κ3) is 5.47.